The summed E-state index contributed by atoms with van der Waals surface area (Å²) in [6.07, 6.45) is -3.04. The summed E-state index contributed by atoms with van der Waals surface area (Å²) in [7, 11) is 0. The van der Waals surface area contributed by atoms with Crippen molar-refractivity contribution in [3.05, 3.63) is 46.9 Å². The third kappa shape index (κ3) is 10.1. The van der Waals surface area contributed by atoms with E-state index in [4.69, 9.17) is 29.3 Å². The molecule has 0 radical (unpaired) electrons. The maximum Gasteiger partial charge on any atom is 0.490 e. The predicted octanol–water partition coefficient (Wildman–Crippen LogP) is 4.86. The number of nitrogens with zero attached hydrogens (tertiary/aromatic N) is 2. The van der Waals surface area contributed by atoms with Crippen LogP contribution in [-0.2, 0) is 20.9 Å². The fraction of sp³-hybridized carbons (Fsp3) is 0.522. The number of carbonyl (C=O) groups is 2. The molecule has 1 aliphatic heterocycles. The highest BCUT2D eigenvalue weighted by Gasteiger charge is 2.47. The molecule has 2 fully saturated rings. The van der Waals surface area contributed by atoms with Crippen molar-refractivity contribution in [1.29, 1.82) is 0 Å². The highest BCUT2D eigenvalue weighted by Crippen LogP contribution is 2.41. The van der Waals surface area contributed by atoms with Crippen molar-refractivity contribution in [1.82, 2.24) is 9.88 Å². The lowest BCUT2D eigenvalue weighted by Crippen LogP contribution is -2.54. The molecule has 3 heterocycles. The van der Waals surface area contributed by atoms with E-state index in [9.17, 15) is 26.3 Å². The zero-order valence-corrected chi connectivity index (χ0v) is 20.7. The number of aliphatic carboxylic acids is 2. The largest absolute Gasteiger partial charge is 0.492 e. The van der Waals surface area contributed by atoms with E-state index in [1.807, 2.05) is 12.1 Å². The van der Waals surface area contributed by atoms with E-state index in [1.54, 1.807) is 23.7 Å². The van der Waals surface area contributed by atoms with Gasteiger partial charge in [0.25, 0.3) is 0 Å². The van der Waals surface area contributed by atoms with Gasteiger partial charge in [0.15, 0.2) is 0 Å². The number of morpholine rings is 1. The van der Waals surface area contributed by atoms with E-state index in [-0.39, 0.29) is 5.60 Å². The van der Waals surface area contributed by atoms with Crippen molar-refractivity contribution in [3.8, 4) is 5.75 Å². The average Bonchev–Trinajstić information content (AvgIpc) is 3.48. The van der Waals surface area contributed by atoms with Crippen molar-refractivity contribution in [2.45, 2.75) is 43.8 Å². The Balaban J connectivity index is 0.000000301. The third-order valence-corrected chi connectivity index (χ3v) is 6.47. The van der Waals surface area contributed by atoms with Crippen LogP contribution >= 0.6 is 11.3 Å². The molecule has 2 N–H and O–H groups in total. The second kappa shape index (κ2) is 13.8. The smallest absolute Gasteiger partial charge is 0.490 e. The van der Waals surface area contributed by atoms with Crippen LogP contribution in [0, 0.1) is 5.92 Å². The second-order valence-corrected chi connectivity index (χ2v) is 9.23. The Hall–Kier alpha value is -2.91. The lowest BCUT2D eigenvalue weighted by Gasteiger charge is -2.44. The monoisotopic (exact) mass is 572 g/mol. The van der Waals surface area contributed by atoms with Crippen molar-refractivity contribution in [3.63, 3.8) is 0 Å². The summed E-state index contributed by atoms with van der Waals surface area (Å²) in [4.78, 5) is 24.5. The molecule has 38 heavy (non-hydrogen) atoms. The fourth-order valence-corrected chi connectivity index (χ4v) is 4.69. The van der Waals surface area contributed by atoms with E-state index >= 15 is 0 Å². The zero-order chi connectivity index (χ0) is 28.4. The minimum Gasteiger partial charge on any atom is -0.492 e. The number of aromatic nitrogens is 1. The summed E-state index contributed by atoms with van der Waals surface area (Å²) in [6, 6.07) is 6.11. The molecule has 1 saturated carbocycles. The number of alkyl halides is 6. The lowest BCUT2D eigenvalue weighted by atomic mass is 9.89. The van der Waals surface area contributed by atoms with Gasteiger partial charge in [-0.1, -0.05) is 0 Å². The molecule has 8 nitrogen and oxygen atoms in total. The molecule has 2 aromatic rings. The number of hydrogen-bond donors (Lipinski definition) is 2. The van der Waals surface area contributed by atoms with E-state index in [0.717, 1.165) is 45.0 Å². The molecule has 0 bridgehead atoms. The summed E-state index contributed by atoms with van der Waals surface area (Å²) >= 11 is 1.77. The van der Waals surface area contributed by atoms with Crippen molar-refractivity contribution >= 4 is 23.3 Å². The van der Waals surface area contributed by atoms with Gasteiger partial charge in [0.2, 0.25) is 0 Å². The Kier molecular flexibility index (Phi) is 11.3. The van der Waals surface area contributed by atoms with Gasteiger partial charge in [0.1, 0.15) is 5.75 Å². The van der Waals surface area contributed by atoms with Crippen LogP contribution in [0.2, 0.25) is 0 Å². The Morgan fingerprint density at radius 3 is 2.34 bits per heavy atom. The van der Waals surface area contributed by atoms with Crippen molar-refractivity contribution < 1.29 is 55.6 Å². The molecule has 4 rings (SSSR count). The Morgan fingerprint density at radius 2 is 1.82 bits per heavy atom. The summed E-state index contributed by atoms with van der Waals surface area (Å²) < 4.78 is 75.8. The molecule has 0 amide bonds. The highest BCUT2D eigenvalue weighted by atomic mass is 32.1. The number of carboxylic acids is 2. The number of thiophene rings is 1. The van der Waals surface area contributed by atoms with Gasteiger partial charge in [-0.2, -0.15) is 37.7 Å². The van der Waals surface area contributed by atoms with Gasteiger partial charge in [-0.05, 0) is 53.8 Å². The summed E-state index contributed by atoms with van der Waals surface area (Å²) in [5, 5.41) is 18.7. The number of halogens is 6. The molecule has 15 heteroatoms. The number of ether oxygens (including phenoxy) is 2. The van der Waals surface area contributed by atoms with Gasteiger partial charge < -0.3 is 19.7 Å². The Labute approximate surface area is 217 Å². The quantitative estimate of drug-likeness (QED) is 0.489. The zero-order valence-electron chi connectivity index (χ0n) is 19.9. The number of hydrogen-bond acceptors (Lipinski definition) is 7. The molecule has 0 unspecified atom stereocenters. The van der Waals surface area contributed by atoms with Gasteiger partial charge in [-0.3, -0.25) is 9.88 Å². The second-order valence-electron chi connectivity index (χ2n) is 8.45. The normalized spacial score (nSPS) is 21.6. The first-order valence-corrected chi connectivity index (χ1v) is 12.2. The highest BCUT2D eigenvalue weighted by molar-refractivity contribution is 7.07. The summed E-state index contributed by atoms with van der Waals surface area (Å²) in [6.45, 7) is 4.62. The van der Waals surface area contributed by atoms with Crippen LogP contribution in [0.25, 0.3) is 0 Å². The number of rotatable bonds is 5. The SMILES string of the molecule is O=C(O)C(F)(F)F.O=C(O)C(F)(F)F.c1cncc(OC[C@@H]2CCC[C@@]23CN(Cc2ccsc2)CCO3)c1. The van der Waals surface area contributed by atoms with E-state index < -0.39 is 24.3 Å². The number of carboxylic acid groups (broad SMARTS) is 2. The van der Waals surface area contributed by atoms with Crippen LogP contribution in [0.4, 0.5) is 26.3 Å². The molecule has 212 valence electrons. The maximum atomic E-state index is 10.6. The summed E-state index contributed by atoms with van der Waals surface area (Å²) in [5.41, 5.74) is 1.38. The minimum absolute atomic E-state index is 0.0313. The van der Waals surface area contributed by atoms with Gasteiger partial charge >= 0.3 is 24.3 Å². The lowest BCUT2D eigenvalue weighted by molar-refractivity contribution is -0.193. The van der Waals surface area contributed by atoms with Crippen LogP contribution in [0.15, 0.2) is 41.4 Å². The van der Waals surface area contributed by atoms with Crippen LogP contribution in [-0.4, -0.2) is 76.3 Å². The molecule has 1 aliphatic carbocycles. The average molecular weight is 573 g/mol. The Morgan fingerprint density at radius 1 is 1.16 bits per heavy atom. The van der Waals surface area contributed by atoms with Crippen molar-refractivity contribution in [2.75, 3.05) is 26.3 Å². The van der Waals surface area contributed by atoms with Crippen LogP contribution in [0.3, 0.4) is 0 Å². The molecular formula is C23H26F6N2O6S. The first-order chi connectivity index (χ1) is 17.7. The molecule has 2 aromatic heterocycles. The molecule has 1 saturated heterocycles. The van der Waals surface area contributed by atoms with Gasteiger partial charge in [0.05, 0.1) is 25.0 Å². The first kappa shape index (κ1) is 31.3. The van der Waals surface area contributed by atoms with E-state index in [0.29, 0.717) is 5.92 Å². The Bertz CT molecular complexity index is 982. The predicted molar refractivity (Wildman–Crippen MR) is 123 cm³/mol. The van der Waals surface area contributed by atoms with Crippen molar-refractivity contribution in [2.24, 2.45) is 5.92 Å². The molecule has 1 spiro atoms. The number of pyridine rings is 1. The van der Waals surface area contributed by atoms with Gasteiger partial charge in [-0.15, -0.1) is 0 Å². The van der Waals surface area contributed by atoms with Crippen LogP contribution in [0.5, 0.6) is 5.75 Å². The first-order valence-electron chi connectivity index (χ1n) is 11.2. The molecule has 2 atom stereocenters. The molecule has 2 aliphatic rings. The summed E-state index contributed by atoms with van der Waals surface area (Å²) in [5.74, 6) is -4.20. The van der Waals surface area contributed by atoms with Gasteiger partial charge in [-0.25, -0.2) is 9.59 Å². The topological polar surface area (TPSA) is 109 Å². The minimum atomic E-state index is -5.08. The maximum absolute atomic E-state index is 10.6. The molecular weight excluding hydrogens is 546 g/mol. The standard InChI is InChI=1S/C19H24N2O2S.2C2HF3O2/c1-3-17(13-22-18-4-2-7-20-11-18)19(6-1)15-21(8-9-23-19)12-16-5-10-24-14-16;2*3-2(4,5)1(6)7/h2,4-5,7,10-11,14,17H,1,3,6,8-9,12-13,15H2;2*(H,6,7)/t17-,19+;;/m0../s1. The van der Waals surface area contributed by atoms with E-state index in [1.165, 1.54) is 18.4 Å². The van der Waals surface area contributed by atoms with E-state index in [2.05, 4.69) is 26.7 Å². The fourth-order valence-electron chi connectivity index (χ4n) is 4.03. The third-order valence-electron chi connectivity index (χ3n) is 5.74. The van der Waals surface area contributed by atoms with Crippen LogP contribution in [0.1, 0.15) is 24.8 Å². The van der Waals surface area contributed by atoms with Crippen LogP contribution < -0.4 is 4.74 Å². The van der Waals surface area contributed by atoms with Gasteiger partial charge in [0, 0.05) is 31.7 Å². The molecule has 0 aromatic carbocycles.